The van der Waals surface area contributed by atoms with Crippen LogP contribution < -0.4 is 0 Å². The van der Waals surface area contributed by atoms with E-state index in [2.05, 4.69) is 10.3 Å². The summed E-state index contributed by atoms with van der Waals surface area (Å²) in [6.07, 6.45) is 4.49. The summed E-state index contributed by atoms with van der Waals surface area (Å²) in [5.74, 6) is -0.102. The van der Waals surface area contributed by atoms with Gasteiger partial charge in [-0.15, -0.1) is 5.10 Å². The molecule has 1 aromatic carbocycles. The Morgan fingerprint density at radius 1 is 1.13 bits per heavy atom. The normalized spacial score (nSPS) is 25.0. The maximum absolute atomic E-state index is 14.3. The predicted octanol–water partition coefficient (Wildman–Crippen LogP) is 2.18. The fourth-order valence-corrected chi connectivity index (χ4v) is 4.85. The number of benzene rings is 1. The van der Waals surface area contributed by atoms with Gasteiger partial charge in [0.2, 0.25) is 5.91 Å². The molecule has 8 heteroatoms. The first-order valence-corrected chi connectivity index (χ1v) is 10.8. The molecular formula is C22H26FN5O2. The first-order chi connectivity index (χ1) is 14.6. The average molecular weight is 411 g/mol. The molecule has 3 fully saturated rings. The van der Waals surface area contributed by atoms with Crippen LogP contribution in [0.3, 0.4) is 0 Å². The van der Waals surface area contributed by atoms with E-state index in [-0.39, 0.29) is 30.8 Å². The van der Waals surface area contributed by atoms with Gasteiger partial charge in [0.15, 0.2) is 5.69 Å². The molecule has 30 heavy (non-hydrogen) atoms. The van der Waals surface area contributed by atoms with Crippen molar-refractivity contribution in [1.29, 1.82) is 0 Å². The monoisotopic (exact) mass is 411 g/mol. The fourth-order valence-electron chi connectivity index (χ4n) is 4.85. The fraction of sp³-hybridized carbons (Fsp3) is 0.545. The van der Waals surface area contributed by atoms with Crippen molar-refractivity contribution in [3.63, 3.8) is 0 Å². The molecule has 2 atom stereocenters. The van der Waals surface area contributed by atoms with Crippen LogP contribution in [-0.2, 0) is 16.8 Å². The smallest absolute Gasteiger partial charge is 0.276 e. The van der Waals surface area contributed by atoms with Gasteiger partial charge in [-0.1, -0.05) is 35.5 Å². The van der Waals surface area contributed by atoms with Gasteiger partial charge in [-0.3, -0.25) is 9.59 Å². The third-order valence-corrected chi connectivity index (χ3v) is 6.66. The predicted molar refractivity (Wildman–Crippen MR) is 108 cm³/mol. The maximum Gasteiger partial charge on any atom is 0.276 e. The molecule has 0 N–H and O–H groups in total. The quantitative estimate of drug-likeness (QED) is 0.756. The van der Waals surface area contributed by atoms with E-state index in [4.69, 9.17) is 0 Å². The van der Waals surface area contributed by atoms with Gasteiger partial charge < -0.3 is 9.80 Å². The summed E-state index contributed by atoms with van der Waals surface area (Å²) in [6, 6.07) is 9.50. The van der Waals surface area contributed by atoms with Crippen molar-refractivity contribution in [2.45, 2.75) is 56.3 Å². The van der Waals surface area contributed by atoms with Gasteiger partial charge in [0.25, 0.3) is 5.91 Å². The lowest BCUT2D eigenvalue weighted by Crippen LogP contribution is -2.44. The summed E-state index contributed by atoms with van der Waals surface area (Å²) in [7, 11) is 0. The summed E-state index contributed by atoms with van der Waals surface area (Å²) in [4.78, 5) is 29.4. The second kappa shape index (κ2) is 7.49. The Kier molecular flexibility index (Phi) is 4.79. The van der Waals surface area contributed by atoms with Crippen LogP contribution in [0.5, 0.6) is 0 Å². The molecule has 0 bridgehead atoms. The third-order valence-electron chi connectivity index (χ3n) is 6.66. The second-order valence-corrected chi connectivity index (χ2v) is 8.72. The number of amides is 2. The Bertz CT molecular complexity index is 936. The van der Waals surface area contributed by atoms with Crippen LogP contribution in [0.25, 0.3) is 0 Å². The van der Waals surface area contributed by atoms with E-state index in [1.165, 1.54) is 0 Å². The van der Waals surface area contributed by atoms with Crippen molar-refractivity contribution in [2.24, 2.45) is 0 Å². The number of likely N-dealkylation sites (tertiary alicyclic amines) is 2. The van der Waals surface area contributed by atoms with E-state index in [0.29, 0.717) is 12.2 Å². The number of nitrogens with zero attached hydrogens (tertiary/aromatic N) is 5. The molecule has 158 valence electrons. The molecule has 3 aliphatic rings. The van der Waals surface area contributed by atoms with E-state index in [9.17, 15) is 14.0 Å². The molecular weight excluding hydrogens is 385 g/mol. The summed E-state index contributed by atoms with van der Waals surface area (Å²) in [5, 5.41) is 8.11. The average Bonchev–Trinajstić information content (AvgIpc) is 3.11. The van der Waals surface area contributed by atoms with Gasteiger partial charge in [0.05, 0.1) is 30.7 Å². The Morgan fingerprint density at radius 2 is 1.87 bits per heavy atom. The molecule has 3 heterocycles. The number of halogens is 1. The van der Waals surface area contributed by atoms with E-state index < -0.39 is 11.6 Å². The molecule has 2 saturated heterocycles. The van der Waals surface area contributed by atoms with Crippen molar-refractivity contribution >= 4 is 11.8 Å². The lowest BCUT2D eigenvalue weighted by Gasteiger charge is -2.28. The molecule has 7 nitrogen and oxygen atoms in total. The minimum atomic E-state index is -1.04. The minimum absolute atomic E-state index is 0.00679. The Hall–Kier alpha value is -2.77. The number of carbonyl (C=O) groups excluding carboxylic acids is 2. The first-order valence-electron chi connectivity index (χ1n) is 10.8. The zero-order valence-corrected chi connectivity index (χ0v) is 16.9. The molecule has 2 aliphatic heterocycles. The SMILES string of the molecule is O=C(c1cn(C[C@@H]2C[C@H](F)CN2C(=O)C2(c3ccccc3)CC2)nn1)N1CCCC1. The molecule has 1 aliphatic carbocycles. The lowest BCUT2D eigenvalue weighted by atomic mass is 9.94. The van der Waals surface area contributed by atoms with Gasteiger partial charge in [0.1, 0.15) is 6.17 Å². The maximum atomic E-state index is 14.3. The lowest BCUT2D eigenvalue weighted by molar-refractivity contribution is -0.135. The van der Waals surface area contributed by atoms with Crippen LogP contribution in [-0.4, -0.2) is 68.5 Å². The van der Waals surface area contributed by atoms with Crippen molar-refractivity contribution in [2.75, 3.05) is 19.6 Å². The number of carbonyl (C=O) groups is 2. The number of hydrogen-bond acceptors (Lipinski definition) is 4. The van der Waals surface area contributed by atoms with Crippen LogP contribution in [0.4, 0.5) is 4.39 Å². The van der Waals surface area contributed by atoms with Gasteiger partial charge in [-0.05, 0) is 31.2 Å². The van der Waals surface area contributed by atoms with Crippen LogP contribution in [0.2, 0.25) is 0 Å². The molecule has 0 unspecified atom stereocenters. The van der Waals surface area contributed by atoms with E-state index in [1.807, 2.05) is 30.3 Å². The highest BCUT2D eigenvalue weighted by molar-refractivity contribution is 5.92. The Morgan fingerprint density at radius 3 is 2.57 bits per heavy atom. The summed E-state index contributed by atoms with van der Waals surface area (Å²) < 4.78 is 15.9. The highest BCUT2D eigenvalue weighted by Gasteiger charge is 2.55. The standard InChI is InChI=1S/C22H26FN5O2/c23-17-12-18(14-27-15-19(24-25-27)20(29)26-10-4-5-11-26)28(13-17)21(30)22(8-9-22)16-6-2-1-3-7-16/h1-3,6-7,15,17-18H,4-5,8-14H2/t17-,18-/m0/s1. The van der Waals surface area contributed by atoms with Crippen molar-refractivity contribution in [3.8, 4) is 0 Å². The number of rotatable bonds is 5. The Labute approximate surface area is 174 Å². The molecule has 2 amide bonds. The molecule has 5 rings (SSSR count). The van der Waals surface area contributed by atoms with E-state index in [0.717, 1.165) is 44.3 Å². The van der Waals surface area contributed by atoms with Crippen LogP contribution in [0.15, 0.2) is 36.5 Å². The van der Waals surface area contributed by atoms with Crippen LogP contribution in [0.1, 0.15) is 48.2 Å². The zero-order chi connectivity index (χ0) is 20.7. The van der Waals surface area contributed by atoms with Gasteiger partial charge in [0, 0.05) is 19.5 Å². The number of hydrogen-bond donors (Lipinski definition) is 0. The van der Waals surface area contributed by atoms with Crippen LogP contribution in [0, 0.1) is 0 Å². The molecule has 0 radical (unpaired) electrons. The largest absolute Gasteiger partial charge is 0.337 e. The summed E-state index contributed by atoms with van der Waals surface area (Å²) in [6.45, 7) is 1.97. The van der Waals surface area contributed by atoms with Crippen molar-refractivity contribution < 1.29 is 14.0 Å². The molecule has 0 spiro atoms. The minimum Gasteiger partial charge on any atom is -0.337 e. The van der Waals surface area contributed by atoms with Crippen molar-refractivity contribution in [1.82, 2.24) is 24.8 Å². The van der Waals surface area contributed by atoms with E-state index in [1.54, 1.807) is 20.7 Å². The molecule has 2 aromatic rings. The first kappa shape index (κ1) is 19.2. The van der Waals surface area contributed by atoms with Crippen molar-refractivity contribution in [3.05, 3.63) is 47.8 Å². The van der Waals surface area contributed by atoms with Crippen LogP contribution >= 0.6 is 0 Å². The van der Waals surface area contributed by atoms with E-state index >= 15 is 0 Å². The highest BCUT2D eigenvalue weighted by atomic mass is 19.1. The van der Waals surface area contributed by atoms with Gasteiger partial charge in [-0.25, -0.2) is 9.07 Å². The third kappa shape index (κ3) is 3.38. The zero-order valence-electron chi connectivity index (χ0n) is 16.9. The summed E-state index contributed by atoms with van der Waals surface area (Å²) >= 11 is 0. The second-order valence-electron chi connectivity index (χ2n) is 8.72. The molecule has 1 saturated carbocycles. The van der Waals surface area contributed by atoms with Gasteiger partial charge in [-0.2, -0.15) is 0 Å². The topological polar surface area (TPSA) is 71.3 Å². The number of aromatic nitrogens is 3. The van der Waals surface area contributed by atoms with Gasteiger partial charge >= 0.3 is 0 Å². The highest BCUT2D eigenvalue weighted by Crippen LogP contribution is 2.50. The summed E-state index contributed by atoms with van der Waals surface area (Å²) in [5.41, 5.74) is 0.811. The number of alkyl halides is 1. The Balaban J connectivity index is 1.31. The molecule has 1 aromatic heterocycles.